The molecule has 0 saturated heterocycles. The second-order valence-corrected chi connectivity index (χ2v) is 6.39. The SMILES string of the molecule is Cc1cc(C)c2nc(C(F)(F)F)nc(NCCCc3ccccc3)c2c1. The molecule has 26 heavy (non-hydrogen) atoms. The van der Waals surface area contributed by atoms with Crippen LogP contribution < -0.4 is 5.32 Å². The maximum atomic E-state index is 13.2. The number of halogens is 3. The number of fused-ring (bicyclic) bond motifs is 1. The number of aryl methyl sites for hydroxylation is 3. The van der Waals surface area contributed by atoms with Gasteiger partial charge in [0, 0.05) is 11.9 Å². The highest BCUT2D eigenvalue weighted by Crippen LogP contribution is 2.32. The molecule has 2 aromatic carbocycles. The number of alkyl halides is 3. The summed E-state index contributed by atoms with van der Waals surface area (Å²) < 4.78 is 39.5. The molecule has 1 N–H and O–H groups in total. The van der Waals surface area contributed by atoms with Crippen LogP contribution in [0.4, 0.5) is 19.0 Å². The van der Waals surface area contributed by atoms with Crippen LogP contribution in [0.1, 0.15) is 28.9 Å². The summed E-state index contributed by atoms with van der Waals surface area (Å²) in [6.45, 7) is 4.20. The molecule has 0 atom stereocenters. The van der Waals surface area contributed by atoms with Gasteiger partial charge in [0.2, 0.25) is 5.82 Å². The van der Waals surface area contributed by atoms with Gasteiger partial charge in [-0.2, -0.15) is 13.2 Å². The van der Waals surface area contributed by atoms with E-state index in [0.717, 1.165) is 18.4 Å². The molecule has 136 valence electrons. The Balaban J connectivity index is 1.85. The van der Waals surface area contributed by atoms with Crippen molar-refractivity contribution < 1.29 is 13.2 Å². The number of hydrogen-bond donors (Lipinski definition) is 1. The largest absolute Gasteiger partial charge is 0.451 e. The summed E-state index contributed by atoms with van der Waals surface area (Å²) in [5.41, 5.74) is 3.21. The van der Waals surface area contributed by atoms with Crippen LogP contribution in [-0.2, 0) is 12.6 Å². The molecule has 3 aromatic rings. The lowest BCUT2D eigenvalue weighted by atomic mass is 10.1. The zero-order valence-electron chi connectivity index (χ0n) is 14.7. The van der Waals surface area contributed by atoms with Gasteiger partial charge in [0.1, 0.15) is 5.82 Å². The Bertz CT molecular complexity index is 906. The van der Waals surface area contributed by atoms with Crippen molar-refractivity contribution in [2.45, 2.75) is 32.9 Å². The molecule has 0 radical (unpaired) electrons. The topological polar surface area (TPSA) is 37.8 Å². The van der Waals surface area contributed by atoms with Gasteiger partial charge in [0.25, 0.3) is 0 Å². The summed E-state index contributed by atoms with van der Waals surface area (Å²) in [5, 5.41) is 3.69. The fraction of sp³-hybridized carbons (Fsp3) is 0.300. The Kier molecular flexibility index (Phi) is 5.11. The van der Waals surface area contributed by atoms with Crippen LogP contribution in [0, 0.1) is 13.8 Å². The van der Waals surface area contributed by atoms with E-state index in [1.165, 1.54) is 5.56 Å². The fourth-order valence-electron chi connectivity index (χ4n) is 2.99. The zero-order chi connectivity index (χ0) is 18.7. The molecule has 1 aromatic heterocycles. The third-order valence-corrected chi connectivity index (χ3v) is 4.17. The van der Waals surface area contributed by atoms with E-state index < -0.39 is 12.0 Å². The second-order valence-electron chi connectivity index (χ2n) is 6.39. The standard InChI is InChI=1S/C20H20F3N3/c1-13-11-14(2)17-16(12-13)18(26-19(25-17)20(21,22)23)24-10-6-9-15-7-4-3-5-8-15/h3-5,7-8,11-12H,6,9-10H2,1-2H3,(H,24,25,26). The molecule has 6 heteroatoms. The number of aromatic nitrogens is 2. The number of rotatable bonds is 5. The number of anilines is 1. The summed E-state index contributed by atoms with van der Waals surface area (Å²) in [6.07, 6.45) is -2.94. The molecule has 3 nitrogen and oxygen atoms in total. The first-order valence-electron chi connectivity index (χ1n) is 8.48. The molecule has 0 aliphatic rings. The molecule has 0 spiro atoms. The zero-order valence-corrected chi connectivity index (χ0v) is 14.7. The van der Waals surface area contributed by atoms with Gasteiger partial charge in [-0.25, -0.2) is 9.97 Å². The molecule has 0 aliphatic heterocycles. The van der Waals surface area contributed by atoms with Gasteiger partial charge in [-0.15, -0.1) is 0 Å². The van der Waals surface area contributed by atoms with Crippen molar-refractivity contribution in [2.24, 2.45) is 0 Å². The van der Waals surface area contributed by atoms with Gasteiger partial charge < -0.3 is 5.32 Å². The highest BCUT2D eigenvalue weighted by Gasteiger charge is 2.35. The summed E-state index contributed by atoms with van der Waals surface area (Å²) in [7, 11) is 0. The summed E-state index contributed by atoms with van der Waals surface area (Å²) in [4.78, 5) is 7.50. The second kappa shape index (κ2) is 7.32. The van der Waals surface area contributed by atoms with E-state index in [1.807, 2.05) is 49.4 Å². The third-order valence-electron chi connectivity index (χ3n) is 4.17. The van der Waals surface area contributed by atoms with Gasteiger partial charge >= 0.3 is 6.18 Å². The lowest BCUT2D eigenvalue weighted by molar-refractivity contribution is -0.144. The lowest BCUT2D eigenvalue weighted by Gasteiger charge is -2.14. The van der Waals surface area contributed by atoms with E-state index in [4.69, 9.17) is 0 Å². The first-order valence-corrected chi connectivity index (χ1v) is 8.48. The van der Waals surface area contributed by atoms with Gasteiger partial charge in [0.05, 0.1) is 5.52 Å². The lowest BCUT2D eigenvalue weighted by Crippen LogP contribution is -2.15. The molecular weight excluding hydrogens is 339 g/mol. The minimum absolute atomic E-state index is 0.238. The fourth-order valence-corrected chi connectivity index (χ4v) is 2.99. The van der Waals surface area contributed by atoms with E-state index >= 15 is 0 Å². The number of benzene rings is 2. The van der Waals surface area contributed by atoms with Crippen LogP contribution in [0.5, 0.6) is 0 Å². The monoisotopic (exact) mass is 359 g/mol. The van der Waals surface area contributed by atoms with Crippen LogP contribution in [0.3, 0.4) is 0 Å². The van der Waals surface area contributed by atoms with Crippen LogP contribution in [-0.4, -0.2) is 16.5 Å². The third kappa shape index (κ3) is 4.12. The minimum Gasteiger partial charge on any atom is -0.369 e. The van der Waals surface area contributed by atoms with Crippen molar-refractivity contribution in [3.63, 3.8) is 0 Å². The first kappa shape index (κ1) is 18.2. The summed E-state index contributed by atoms with van der Waals surface area (Å²) in [5.74, 6) is -0.871. The van der Waals surface area contributed by atoms with Crippen LogP contribution in [0.15, 0.2) is 42.5 Å². The normalized spacial score (nSPS) is 11.7. The highest BCUT2D eigenvalue weighted by atomic mass is 19.4. The quantitative estimate of drug-likeness (QED) is 0.627. The average molecular weight is 359 g/mol. The molecule has 0 amide bonds. The molecule has 0 aliphatic carbocycles. The predicted octanol–water partition coefficient (Wildman–Crippen LogP) is 5.31. The van der Waals surface area contributed by atoms with Crippen molar-refractivity contribution in [1.82, 2.24) is 9.97 Å². The molecule has 0 bridgehead atoms. The van der Waals surface area contributed by atoms with Gasteiger partial charge in [-0.3, -0.25) is 0 Å². The van der Waals surface area contributed by atoms with E-state index in [1.54, 1.807) is 6.92 Å². The van der Waals surface area contributed by atoms with Crippen molar-refractivity contribution in [1.29, 1.82) is 0 Å². The first-order chi connectivity index (χ1) is 12.3. The van der Waals surface area contributed by atoms with Gasteiger partial charge in [-0.05, 0) is 49.4 Å². The van der Waals surface area contributed by atoms with Gasteiger partial charge in [-0.1, -0.05) is 36.4 Å². The Labute approximate surface area is 150 Å². The van der Waals surface area contributed by atoms with Crippen LogP contribution in [0.25, 0.3) is 10.9 Å². The minimum atomic E-state index is -4.58. The van der Waals surface area contributed by atoms with Crippen molar-refractivity contribution in [2.75, 3.05) is 11.9 Å². The number of nitrogens with one attached hydrogen (secondary N) is 1. The molecule has 0 fully saturated rings. The van der Waals surface area contributed by atoms with E-state index in [0.29, 0.717) is 23.0 Å². The number of hydrogen-bond acceptors (Lipinski definition) is 3. The average Bonchev–Trinajstić information content (AvgIpc) is 2.59. The Hall–Kier alpha value is -2.63. The van der Waals surface area contributed by atoms with Crippen LogP contribution in [0.2, 0.25) is 0 Å². The van der Waals surface area contributed by atoms with Crippen LogP contribution >= 0.6 is 0 Å². The van der Waals surface area contributed by atoms with E-state index in [2.05, 4.69) is 15.3 Å². The van der Waals surface area contributed by atoms with E-state index in [-0.39, 0.29) is 5.82 Å². The maximum Gasteiger partial charge on any atom is 0.451 e. The molecule has 1 heterocycles. The molecule has 3 rings (SSSR count). The highest BCUT2D eigenvalue weighted by molar-refractivity contribution is 5.91. The Morgan fingerprint density at radius 2 is 1.73 bits per heavy atom. The molecule has 0 saturated carbocycles. The molecular formula is C20H20F3N3. The molecule has 0 unspecified atom stereocenters. The van der Waals surface area contributed by atoms with Crippen molar-refractivity contribution in [3.8, 4) is 0 Å². The smallest absolute Gasteiger partial charge is 0.369 e. The van der Waals surface area contributed by atoms with Gasteiger partial charge in [0.15, 0.2) is 0 Å². The summed E-state index contributed by atoms with van der Waals surface area (Å²) >= 11 is 0. The van der Waals surface area contributed by atoms with E-state index in [9.17, 15) is 13.2 Å². The van der Waals surface area contributed by atoms with Crippen molar-refractivity contribution in [3.05, 3.63) is 65.0 Å². The maximum absolute atomic E-state index is 13.2. The number of nitrogens with zero attached hydrogens (tertiary/aromatic N) is 2. The summed E-state index contributed by atoms with van der Waals surface area (Å²) in [6, 6.07) is 13.6. The Morgan fingerprint density at radius 1 is 1.00 bits per heavy atom. The Morgan fingerprint density at radius 3 is 2.42 bits per heavy atom. The predicted molar refractivity (Wildman–Crippen MR) is 97.3 cm³/mol. The van der Waals surface area contributed by atoms with Crippen molar-refractivity contribution >= 4 is 16.7 Å².